The number of unbranched alkanes of at least 4 members (excludes halogenated alkanes) is 10. The number of aliphatic carboxylic acids is 1. The third kappa shape index (κ3) is 15.3. The van der Waals surface area contributed by atoms with Crippen LogP contribution in [0.15, 0.2) is 0 Å². The molecule has 133 valence electrons. The van der Waals surface area contributed by atoms with Crippen molar-refractivity contribution in [2.75, 3.05) is 0 Å². The van der Waals surface area contributed by atoms with Crippen LogP contribution in [-0.4, -0.2) is 29.3 Å². The molecule has 0 heterocycles. The van der Waals surface area contributed by atoms with E-state index in [1.54, 1.807) is 6.29 Å². The van der Waals surface area contributed by atoms with Gasteiger partial charge in [0.15, 0.2) is 0 Å². The van der Waals surface area contributed by atoms with Gasteiger partial charge in [-0.05, 0) is 6.42 Å². The minimum atomic E-state index is -1.12. The van der Waals surface area contributed by atoms with Crippen LogP contribution in [0.1, 0.15) is 90.4 Å². The number of hydrogen-bond donors (Lipinski definition) is 2. The first-order chi connectivity index (χ1) is 11.1. The van der Waals surface area contributed by atoms with Crippen molar-refractivity contribution in [3.05, 3.63) is 0 Å². The van der Waals surface area contributed by atoms with Crippen LogP contribution in [-0.2, 0) is 14.4 Å². The standard InChI is InChI=1S/C18H32NO4/c1-2-3-4-5-6-7-8-9-10-11-12-13-17(21)19-16(15-20)14-18(22)23/h16H,2-14H2,1H3,(H,19,21)(H,22,23)/t16-/m1/s1. The topological polar surface area (TPSA) is 83.5 Å². The van der Waals surface area contributed by atoms with Crippen molar-refractivity contribution >= 4 is 18.2 Å². The number of carbonyl (C=O) groups excluding carboxylic acids is 2. The Morgan fingerprint density at radius 3 is 1.83 bits per heavy atom. The Hall–Kier alpha value is -1.39. The fraction of sp³-hybridized carbons (Fsp3) is 0.833. The molecular formula is C18H32NO4. The van der Waals surface area contributed by atoms with Crippen LogP contribution >= 0.6 is 0 Å². The van der Waals surface area contributed by atoms with E-state index in [-0.39, 0.29) is 5.91 Å². The third-order valence-corrected chi connectivity index (χ3v) is 3.86. The van der Waals surface area contributed by atoms with Gasteiger partial charge >= 0.3 is 5.97 Å². The fourth-order valence-electron chi connectivity index (χ4n) is 2.51. The van der Waals surface area contributed by atoms with Crippen LogP contribution in [0.4, 0.5) is 0 Å². The Morgan fingerprint density at radius 2 is 1.39 bits per heavy atom. The van der Waals surface area contributed by atoms with Gasteiger partial charge in [0.25, 0.3) is 0 Å². The van der Waals surface area contributed by atoms with Crippen molar-refractivity contribution in [3.63, 3.8) is 0 Å². The lowest BCUT2D eigenvalue weighted by Gasteiger charge is -2.09. The summed E-state index contributed by atoms with van der Waals surface area (Å²) < 4.78 is 0. The van der Waals surface area contributed by atoms with Gasteiger partial charge in [-0.2, -0.15) is 0 Å². The highest BCUT2D eigenvalue weighted by atomic mass is 16.4. The van der Waals surface area contributed by atoms with Gasteiger partial charge in [-0.3, -0.25) is 14.4 Å². The van der Waals surface area contributed by atoms with Crippen molar-refractivity contribution in [1.29, 1.82) is 0 Å². The Balaban J connectivity index is 3.41. The van der Waals surface area contributed by atoms with E-state index in [4.69, 9.17) is 5.11 Å². The first kappa shape index (κ1) is 21.6. The molecule has 0 aromatic rings. The zero-order valence-electron chi connectivity index (χ0n) is 14.4. The van der Waals surface area contributed by atoms with Crippen molar-refractivity contribution < 1.29 is 19.5 Å². The van der Waals surface area contributed by atoms with E-state index < -0.39 is 18.4 Å². The summed E-state index contributed by atoms with van der Waals surface area (Å²) in [6, 6.07) is -1.03. The molecular weight excluding hydrogens is 294 g/mol. The largest absolute Gasteiger partial charge is 0.481 e. The van der Waals surface area contributed by atoms with Crippen molar-refractivity contribution in [3.8, 4) is 0 Å². The predicted octanol–water partition coefficient (Wildman–Crippen LogP) is 3.76. The van der Waals surface area contributed by atoms with Crippen molar-refractivity contribution in [1.82, 2.24) is 5.32 Å². The Labute approximate surface area is 140 Å². The van der Waals surface area contributed by atoms with Gasteiger partial charge < -0.3 is 10.4 Å². The second kappa shape index (κ2) is 15.5. The van der Waals surface area contributed by atoms with Crippen LogP contribution in [0, 0.1) is 0 Å². The second-order valence-electron chi connectivity index (χ2n) is 6.12. The molecule has 5 heteroatoms. The maximum Gasteiger partial charge on any atom is 0.305 e. The van der Waals surface area contributed by atoms with Gasteiger partial charge in [0.1, 0.15) is 6.04 Å². The molecule has 0 saturated heterocycles. The van der Waals surface area contributed by atoms with Gasteiger partial charge in [0, 0.05) is 6.42 Å². The van der Waals surface area contributed by atoms with Crippen LogP contribution < -0.4 is 5.32 Å². The lowest BCUT2D eigenvalue weighted by molar-refractivity contribution is -0.137. The summed E-state index contributed by atoms with van der Waals surface area (Å²) >= 11 is 0. The molecule has 0 unspecified atom stereocenters. The van der Waals surface area contributed by atoms with Gasteiger partial charge in [-0.15, -0.1) is 0 Å². The maximum absolute atomic E-state index is 11.6. The highest BCUT2D eigenvalue weighted by Crippen LogP contribution is 2.11. The smallest absolute Gasteiger partial charge is 0.305 e. The molecule has 0 bridgehead atoms. The van der Waals surface area contributed by atoms with E-state index in [0.29, 0.717) is 6.42 Å². The van der Waals surface area contributed by atoms with E-state index in [1.807, 2.05) is 0 Å². The summed E-state index contributed by atoms with van der Waals surface area (Å²) in [6.07, 6.45) is 14.8. The molecule has 23 heavy (non-hydrogen) atoms. The molecule has 1 amide bonds. The summed E-state index contributed by atoms with van der Waals surface area (Å²) in [7, 11) is 0. The maximum atomic E-state index is 11.6. The Morgan fingerprint density at radius 1 is 0.913 bits per heavy atom. The summed E-state index contributed by atoms with van der Waals surface area (Å²) in [5, 5.41) is 11.0. The molecule has 1 atom stereocenters. The minimum absolute atomic E-state index is 0.268. The molecule has 0 saturated carbocycles. The average molecular weight is 326 g/mol. The Kier molecular flexibility index (Phi) is 14.6. The molecule has 0 aliphatic rings. The number of carboxylic acids is 1. The van der Waals surface area contributed by atoms with E-state index in [0.717, 1.165) is 19.3 Å². The molecule has 2 N–H and O–H groups in total. The lowest BCUT2D eigenvalue weighted by Crippen LogP contribution is -2.37. The zero-order valence-corrected chi connectivity index (χ0v) is 14.4. The molecule has 0 fully saturated rings. The average Bonchev–Trinajstić information content (AvgIpc) is 2.51. The molecule has 0 aromatic heterocycles. The van der Waals surface area contributed by atoms with Gasteiger partial charge in [0.05, 0.1) is 6.42 Å². The molecule has 0 aromatic carbocycles. The van der Waals surface area contributed by atoms with Crippen LogP contribution in [0.25, 0.3) is 0 Å². The van der Waals surface area contributed by atoms with Gasteiger partial charge in [-0.1, -0.05) is 71.1 Å². The van der Waals surface area contributed by atoms with Crippen molar-refractivity contribution in [2.45, 2.75) is 96.4 Å². The highest BCUT2D eigenvalue weighted by molar-refractivity contribution is 5.82. The number of hydrogen-bond acceptors (Lipinski definition) is 3. The summed E-state index contributed by atoms with van der Waals surface area (Å²) in [6.45, 7) is 2.23. The number of carbonyl (C=O) groups is 2. The van der Waals surface area contributed by atoms with Crippen LogP contribution in [0.3, 0.4) is 0 Å². The zero-order chi connectivity index (χ0) is 17.3. The Bertz CT molecular complexity index is 331. The van der Waals surface area contributed by atoms with E-state index >= 15 is 0 Å². The molecule has 0 spiro atoms. The highest BCUT2D eigenvalue weighted by Gasteiger charge is 2.15. The van der Waals surface area contributed by atoms with Crippen LogP contribution in [0.2, 0.25) is 0 Å². The number of amides is 1. The summed E-state index contributed by atoms with van der Waals surface area (Å²) in [5.74, 6) is -1.39. The summed E-state index contributed by atoms with van der Waals surface area (Å²) in [5.41, 5.74) is 0. The second-order valence-corrected chi connectivity index (χ2v) is 6.12. The lowest BCUT2D eigenvalue weighted by atomic mass is 10.1. The molecule has 5 nitrogen and oxygen atoms in total. The first-order valence-corrected chi connectivity index (χ1v) is 8.99. The van der Waals surface area contributed by atoms with Crippen LogP contribution in [0.5, 0.6) is 0 Å². The molecule has 0 rings (SSSR count). The monoisotopic (exact) mass is 326 g/mol. The SMILES string of the molecule is CCCCCCCCCCCCCC(=O)N[C@@H]([C]=O)CC(=O)O. The number of carboxylic acid groups (broad SMARTS) is 1. The van der Waals surface area contributed by atoms with Gasteiger partial charge in [0.2, 0.25) is 12.2 Å². The molecule has 0 aliphatic carbocycles. The van der Waals surface area contributed by atoms with E-state index in [1.165, 1.54) is 51.4 Å². The molecule has 1 radical (unpaired) electrons. The fourth-order valence-corrected chi connectivity index (χ4v) is 2.51. The first-order valence-electron chi connectivity index (χ1n) is 8.99. The number of nitrogens with one attached hydrogen (secondary N) is 1. The van der Waals surface area contributed by atoms with Gasteiger partial charge in [-0.25, -0.2) is 0 Å². The summed E-state index contributed by atoms with van der Waals surface area (Å²) in [4.78, 5) is 32.6. The van der Waals surface area contributed by atoms with E-state index in [9.17, 15) is 14.4 Å². The third-order valence-electron chi connectivity index (χ3n) is 3.86. The van der Waals surface area contributed by atoms with E-state index in [2.05, 4.69) is 12.2 Å². The van der Waals surface area contributed by atoms with Crippen molar-refractivity contribution in [2.24, 2.45) is 0 Å². The quantitative estimate of drug-likeness (QED) is 0.423. The number of rotatable bonds is 16. The predicted molar refractivity (Wildman–Crippen MR) is 91.0 cm³/mol. The minimum Gasteiger partial charge on any atom is -0.481 e. The normalized spacial score (nSPS) is 11.9. The molecule has 0 aliphatic heterocycles.